The molecule has 9 nitrogen and oxygen atoms in total. The van der Waals surface area contributed by atoms with Crippen molar-refractivity contribution in [3.8, 4) is 11.5 Å². The molecule has 10 heteroatoms. The number of hydrogen-bond acceptors (Lipinski definition) is 8. The average molecular weight is 500 g/mol. The zero-order valence-corrected chi connectivity index (χ0v) is 21.1. The van der Waals surface area contributed by atoms with Gasteiger partial charge in [0.1, 0.15) is 17.2 Å². The second-order valence-electron chi connectivity index (χ2n) is 8.84. The number of thioether (sulfide) groups is 1. The van der Waals surface area contributed by atoms with E-state index in [0.29, 0.717) is 30.5 Å². The van der Waals surface area contributed by atoms with Gasteiger partial charge in [-0.3, -0.25) is 9.59 Å². The van der Waals surface area contributed by atoms with Crippen LogP contribution in [0.5, 0.6) is 11.5 Å². The van der Waals surface area contributed by atoms with Crippen molar-refractivity contribution in [3.63, 3.8) is 0 Å². The van der Waals surface area contributed by atoms with Crippen LogP contribution in [0.2, 0.25) is 0 Å². The quantitative estimate of drug-likeness (QED) is 0.359. The highest BCUT2D eigenvalue weighted by molar-refractivity contribution is 7.99. The van der Waals surface area contributed by atoms with E-state index in [0.717, 1.165) is 55.2 Å². The van der Waals surface area contributed by atoms with E-state index >= 15 is 0 Å². The molecule has 1 saturated carbocycles. The molecule has 1 aromatic carbocycles. The van der Waals surface area contributed by atoms with E-state index in [1.807, 2.05) is 24.3 Å². The van der Waals surface area contributed by atoms with E-state index in [2.05, 4.69) is 25.5 Å². The van der Waals surface area contributed by atoms with Crippen molar-refractivity contribution in [3.05, 3.63) is 36.2 Å². The minimum absolute atomic E-state index is 0.0434. The maximum atomic E-state index is 12.3. The Labute approximate surface area is 210 Å². The van der Waals surface area contributed by atoms with Crippen LogP contribution in [0.4, 0.5) is 5.82 Å². The van der Waals surface area contributed by atoms with Gasteiger partial charge in [0.25, 0.3) is 0 Å². The molecule has 2 amide bonds. The number of carbonyl (C=O) groups excluding carboxylic acids is 2. The normalized spacial score (nSPS) is 16.0. The van der Waals surface area contributed by atoms with E-state index in [-0.39, 0.29) is 23.5 Å². The van der Waals surface area contributed by atoms with Crippen LogP contribution in [-0.2, 0) is 16.0 Å². The second-order valence-corrected chi connectivity index (χ2v) is 9.83. The average Bonchev–Trinajstić information content (AvgIpc) is 3.71. The zero-order valence-electron chi connectivity index (χ0n) is 20.3. The number of carbonyl (C=O) groups is 2. The SMILES string of the molecule is COc1ccc(CCNC(=O)CSc2cc(N3CCC(C(=O)NC4CC4)CC3)ncn2)cc1OC. The summed E-state index contributed by atoms with van der Waals surface area (Å²) in [5.74, 6) is 2.73. The van der Waals surface area contributed by atoms with Gasteiger partial charge in [0.05, 0.1) is 20.0 Å². The summed E-state index contributed by atoms with van der Waals surface area (Å²) >= 11 is 1.39. The van der Waals surface area contributed by atoms with Crippen molar-refractivity contribution in [1.82, 2.24) is 20.6 Å². The van der Waals surface area contributed by atoms with Crippen molar-refractivity contribution in [2.45, 2.75) is 43.2 Å². The fourth-order valence-corrected chi connectivity index (χ4v) is 4.76. The Kier molecular flexibility index (Phi) is 8.68. The highest BCUT2D eigenvalue weighted by Gasteiger charge is 2.30. The standard InChI is InChI=1S/C25H33N5O4S/c1-33-20-6-3-17(13-21(20)34-2)7-10-26-23(31)15-35-24-14-22(27-16-28-24)30-11-8-18(9-12-30)25(32)29-19-4-5-19/h3,6,13-14,16,18-19H,4-5,7-12,15H2,1-2H3,(H,26,31)(H,29,32). The number of nitrogens with one attached hydrogen (secondary N) is 2. The van der Waals surface area contributed by atoms with Crippen LogP contribution < -0.4 is 25.0 Å². The fraction of sp³-hybridized carbons (Fsp3) is 0.520. The largest absolute Gasteiger partial charge is 0.493 e. The van der Waals surface area contributed by atoms with Gasteiger partial charge in [0.2, 0.25) is 11.8 Å². The number of anilines is 1. The predicted octanol–water partition coefficient (Wildman–Crippen LogP) is 2.44. The van der Waals surface area contributed by atoms with Crippen molar-refractivity contribution in [2.75, 3.05) is 44.5 Å². The number of ether oxygens (including phenoxy) is 2. The topological polar surface area (TPSA) is 106 Å². The molecule has 0 bridgehead atoms. The highest BCUT2D eigenvalue weighted by atomic mass is 32.2. The van der Waals surface area contributed by atoms with Crippen LogP contribution in [0, 0.1) is 5.92 Å². The number of rotatable bonds is 11. The number of amides is 2. The molecule has 2 aliphatic rings. The van der Waals surface area contributed by atoms with Gasteiger partial charge in [-0.1, -0.05) is 17.8 Å². The molecular weight excluding hydrogens is 466 g/mol. The summed E-state index contributed by atoms with van der Waals surface area (Å²) in [5.41, 5.74) is 1.06. The first-order valence-electron chi connectivity index (χ1n) is 12.0. The van der Waals surface area contributed by atoms with Gasteiger partial charge in [0, 0.05) is 37.7 Å². The van der Waals surface area contributed by atoms with Crippen molar-refractivity contribution in [2.24, 2.45) is 5.92 Å². The molecule has 0 spiro atoms. The third kappa shape index (κ3) is 7.24. The van der Waals surface area contributed by atoms with Crippen LogP contribution in [0.3, 0.4) is 0 Å². The molecule has 0 unspecified atom stereocenters. The molecule has 35 heavy (non-hydrogen) atoms. The van der Waals surface area contributed by atoms with Crippen molar-refractivity contribution < 1.29 is 19.1 Å². The number of benzene rings is 1. The zero-order chi connectivity index (χ0) is 24.6. The van der Waals surface area contributed by atoms with Crippen LogP contribution in [0.15, 0.2) is 35.6 Å². The van der Waals surface area contributed by atoms with Crippen LogP contribution in [0.1, 0.15) is 31.2 Å². The maximum Gasteiger partial charge on any atom is 0.230 e. The van der Waals surface area contributed by atoms with Gasteiger partial charge in [0.15, 0.2) is 11.5 Å². The summed E-state index contributed by atoms with van der Waals surface area (Å²) in [6.45, 7) is 2.12. The summed E-state index contributed by atoms with van der Waals surface area (Å²) in [5, 5.41) is 6.83. The highest BCUT2D eigenvalue weighted by Crippen LogP contribution is 2.28. The van der Waals surface area contributed by atoms with Crippen LogP contribution in [-0.4, -0.2) is 67.4 Å². The number of aromatic nitrogens is 2. The lowest BCUT2D eigenvalue weighted by Crippen LogP contribution is -2.41. The molecule has 2 fully saturated rings. The monoisotopic (exact) mass is 499 g/mol. The van der Waals surface area contributed by atoms with E-state index in [9.17, 15) is 9.59 Å². The molecule has 1 saturated heterocycles. The molecule has 1 aromatic heterocycles. The van der Waals surface area contributed by atoms with E-state index < -0.39 is 0 Å². The van der Waals surface area contributed by atoms with Gasteiger partial charge in [-0.25, -0.2) is 9.97 Å². The Balaban J connectivity index is 1.19. The summed E-state index contributed by atoms with van der Waals surface area (Å²) in [4.78, 5) is 35.5. The minimum Gasteiger partial charge on any atom is -0.493 e. The number of nitrogens with zero attached hydrogens (tertiary/aromatic N) is 3. The van der Waals surface area contributed by atoms with Crippen LogP contribution >= 0.6 is 11.8 Å². The molecule has 4 rings (SSSR count). The fourth-order valence-electron chi connectivity index (χ4n) is 4.07. The Morgan fingerprint density at radius 2 is 1.83 bits per heavy atom. The summed E-state index contributed by atoms with van der Waals surface area (Å²) in [6, 6.07) is 8.08. The number of hydrogen-bond donors (Lipinski definition) is 2. The third-order valence-corrected chi connectivity index (χ3v) is 7.20. The van der Waals surface area contributed by atoms with E-state index in [4.69, 9.17) is 9.47 Å². The number of piperidine rings is 1. The molecule has 1 aliphatic carbocycles. The molecule has 2 heterocycles. The molecule has 0 atom stereocenters. The van der Waals surface area contributed by atoms with Gasteiger partial charge in [-0.2, -0.15) is 0 Å². The van der Waals surface area contributed by atoms with Gasteiger partial charge in [-0.15, -0.1) is 0 Å². The Bertz CT molecular complexity index is 1020. The lowest BCUT2D eigenvalue weighted by molar-refractivity contribution is -0.125. The molecule has 1 aliphatic heterocycles. The molecule has 2 N–H and O–H groups in total. The Morgan fingerprint density at radius 3 is 2.54 bits per heavy atom. The lowest BCUT2D eigenvalue weighted by atomic mass is 9.96. The molecule has 188 valence electrons. The smallest absolute Gasteiger partial charge is 0.230 e. The van der Waals surface area contributed by atoms with Crippen molar-refractivity contribution in [1.29, 1.82) is 0 Å². The first-order chi connectivity index (χ1) is 17.1. The molecule has 0 radical (unpaired) electrons. The maximum absolute atomic E-state index is 12.3. The van der Waals surface area contributed by atoms with E-state index in [1.54, 1.807) is 20.5 Å². The summed E-state index contributed by atoms with van der Waals surface area (Å²) in [6.07, 6.45) is 6.12. The van der Waals surface area contributed by atoms with Gasteiger partial charge >= 0.3 is 0 Å². The van der Waals surface area contributed by atoms with Crippen LogP contribution in [0.25, 0.3) is 0 Å². The Hall–Kier alpha value is -3.01. The van der Waals surface area contributed by atoms with Gasteiger partial charge in [-0.05, 0) is 49.8 Å². The third-order valence-electron chi connectivity index (χ3n) is 6.28. The van der Waals surface area contributed by atoms with Gasteiger partial charge < -0.3 is 25.0 Å². The first kappa shape index (κ1) is 25.1. The number of methoxy groups -OCH3 is 2. The first-order valence-corrected chi connectivity index (χ1v) is 13.0. The summed E-state index contributed by atoms with van der Waals surface area (Å²) in [7, 11) is 3.21. The minimum atomic E-state index is -0.0434. The summed E-state index contributed by atoms with van der Waals surface area (Å²) < 4.78 is 10.6. The predicted molar refractivity (Wildman–Crippen MR) is 135 cm³/mol. The van der Waals surface area contributed by atoms with Crippen molar-refractivity contribution >= 4 is 29.4 Å². The molecule has 2 aromatic rings. The Morgan fingerprint density at radius 1 is 1.06 bits per heavy atom. The van der Waals surface area contributed by atoms with E-state index in [1.165, 1.54) is 11.8 Å². The lowest BCUT2D eigenvalue weighted by Gasteiger charge is -2.32. The molecular formula is C25H33N5O4S. The second kappa shape index (κ2) is 12.1.